The van der Waals surface area contributed by atoms with E-state index in [0.29, 0.717) is 6.42 Å². The van der Waals surface area contributed by atoms with Gasteiger partial charge in [0.2, 0.25) is 0 Å². The fourth-order valence-corrected chi connectivity index (χ4v) is 0.483. The third-order valence-electron chi connectivity index (χ3n) is 1.02. The van der Waals surface area contributed by atoms with Crippen molar-refractivity contribution >= 4 is 11.9 Å². The summed E-state index contributed by atoms with van der Waals surface area (Å²) in [4.78, 5) is 19.3. The number of aliphatic hydroxyl groups excluding tert-OH is 2. The maximum Gasteiger partial charge on any atom is 0.305 e. The van der Waals surface area contributed by atoms with E-state index in [1.807, 2.05) is 0 Å². The van der Waals surface area contributed by atoms with Gasteiger partial charge in [-0.1, -0.05) is 0 Å². The Morgan fingerprint density at radius 1 is 1.21 bits per heavy atom. The Balaban J connectivity index is 0. The van der Waals surface area contributed by atoms with Crippen LogP contribution in [0.3, 0.4) is 0 Å². The molecule has 6 nitrogen and oxygen atoms in total. The van der Waals surface area contributed by atoms with Crippen LogP contribution in [-0.2, 0) is 9.59 Å². The average Bonchev–Trinajstić information content (AvgIpc) is 1.99. The lowest BCUT2D eigenvalue weighted by Crippen LogP contribution is -2.07. The lowest BCUT2D eigenvalue weighted by molar-refractivity contribution is -0.139. The molecule has 0 rings (SSSR count). The van der Waals surface area contributed by atoms with E-state index >= 15 is 0 Å². The molecule has 14 heavy (non-hydrogen) atoms. The molecular formula is C8H16O6. The quantitative estimate of drug-likeness (QED) is 0.492. The molecule has 4 N–H and O–H groups in total. The average molecular weight is 208 g/mol. The van der Waals surface area contributed by atoms with Crippen molar-refractivity contribution in [1.29, 1.82) is 0 Å². The van der Waals surface area contributed by atoms with Gasteiger partial charge in [0.1, 0.15) is 0 Å². The third-order valence-corrected chi connectivity index (χ3v) is 1.02. The molecule has 0 spiro atoms. The summed E-state index contributed by atoms with van der Waals surface area (Å²) in [6.07, 6.45) is -0.469. The second kappa shape index (κ2) is 9.94. The zero-order valence-electron chi connectivity index (χ0n) is 8.01. The number of hydrogen-bond acceptors (Lipinski definition) is 4. The van der Waals surface area contributed by atoms with Crippen LogP contribution in [0.4, 0.5) is 0 Å². The summed E-state index contributed by atoms with van der Waals surface area (Å²) in [5.74, 6) is -1.82. The van der Waals surface area contributed by atoms with Crippen molar-refractivity contribution in [2.45, 2.75) is 32.3 Å². The molecule has 84 valence electrons. The molecule has 0 bridgehead atoms. The molecule has 0 aliphatic heterocycles. The topological polar surface area (TPSA) is 115 Å². The zero-order chi connectivity index (χ0) is 11.6. The van der Waals surface area contributed by atoms with Crippen LogP contribution in [0.5, 0.6) is 0 Å². The smallest absolute Gasteiger partial charge is 0.305 e. The van der Waals surface area contributed by atoms with Crippen molar-refractivity contribution in [3.8, 4) is 0 Å². The summed E-state index contributed by atoms with van der Waals surface area (Å²) >= 11 is 0. The molecule has 1 unspecified atom stereocenters. The highest BCUT2D eigenvalue weighted by Crippen LogP contribution is 1.85. The lowest BCUT2D eigenvalue weighted by Gasteiger charge is -1.94. The standard InChI is InChI=1S/2C4H8O3/c1-3(5)2-4(6)7;5-3-1-2-4(6)7/h3,5H,2H2,1H3,(H,6,7);5H,1-3H2,(H,6,7). The summed E-state index contributed by atoms with van der Waals surface area (Å²) in [6, 6.07) is 0. The monoisotopic (exact) mass is 208 g/mol. The minimum atomic E-state index is -0.963. The summed E-state index contributed by atoms with van der Waals surface area (Å²) in [6.45, 7) is 1.40. The van der Waals surface area contributed by atoms with Gasteiger partial charge in [0.25, 0.3) is 0 Å². The van der Waals surface area contributed by atoms with Crippen molar-refractivity contribution < 1.29 is 30.0 Å². The highest BCUT2D eigenvalue weighted by Gasteiger charge is 2.00. The van der Waals surface area contributed by atoms with Crippen LogP contribution in [0.15, 0.2) is 0 Å². The highest BCUT2D eigenvalue weighted by molar-refractivity contribution is 5.67. The normalized spacial score (nSPS) is 11.1. The Labute approximate surface area is 81.8 Å². The van der Waals surface area contributed by atoms with Gasteiger partial charge in [0.05, 0.1) is 12.5 Å². The van der Waals surface area contributed by atoms with E-state index in [1.165, 1.54) is 6.92 Å². The second-order valence-electron chi connectivity index (χ2n) is 2.67. The molecule has 0 aromatic rings. The minimum absolute atomic E-state index is 0.0354. The molecule has 0 saturated heterocycles. The van der Waals surface area contributed by atoms with Gasteiger partial charge >= 0.3 is 11.9 Å². The van der Waals surface area contributed by atoms with Crippen LogP contribution in [-0.4, -0.2) is 45.1 Å². The van der Waals surface area contributed by atoms with E-state index in [2.05, 4.69) is 0 Å². The van der Waals surface area contributed by atoms with Gasteiger partial charge in [-0.2, -0.15) is 0 Å². The molecule has 0 aromatic carbocycles. The maximum absolute atomic E-state index is 9.65. The third kappa shape index (κ3) is 22.4. The first kappa shape index (κ1) is 15.3. The zero-order valence-corrected chi connectivity index (χ0v) is 8.01. The van der Waals surface area contributed by atoms with Crippen molar-refractivity contribution in [3.05, 3.63) is 0 Å². The Morgan fingerprint density at radius 3 is 1.79 bits per heavy atom. The number of carboxylic acids is 2. The largest absolute Gasteiger partial charge is 0.481 e. The van der Waals surface area contributed by atoms with Crippen molar-refractivity contribution in [3.63, 3.8) is 0 Å². The Bertz CT molecular complexity index is 165. The Morgan fingerprint density at radius 2 is 1.71 bits per heavy atom. The minimum Gasteiger partial charge on any atom is -0.481 e. The van der Waals surface area contributed by atoms with E-state index in [4.69, 9.17) is 20.4 Å². The predicted molar refractivity (Wildman–Crippen MR) is 47.9 cm³/mol. The molecule has 0 fully saturated rings. The number of aliphatic hydroxyl groups is 2. The first-order valence-electron chi connectivity index (χ1n) is 4.12. The molecule has 0 heterocycles. The van der Waals surface area contributed by atoms with Gasteiger partial charge in [-0.05, 0) is 13.3 Å². The molecule has 0 saturated carbocycles. The molecule has 0 radical (unpaired) electrons. The Kier molecular flexibility index (Phi) is 10.9. The fraction of sp³-hybridized carbons (Fsp3) is 0.750. The van der Waals surface area contributed by atoms with Crippen LogP contribution < -0.4 is 0 Å². The number of rotatable bonds is 5. The number of carboxylic acid groups (broad SMARTS) is 2. The van der Waals surface area contributed by atoms with Gasteiger partial charge in [0.15, 0.2) is 0 Å². The number of hydrogen-bond donors (Lipinski definition) is 4. The van der Waals surface area contributed by atoms with E-state index in [1.54, 1.807) is 0 Å². The summed E-state index contributed by atoms with van der Waals surface area (Å²) < 4.78 is 0. The van der Waals surface area contributed by atoms with Crippen LogP contribution in [0.1, 0.15) is 26.2 Å². The summed E-state index contributed by atoms with van der Waals surface area (Å²) in [7, 11) is 0. The lowest BCUT2D eigenvalue weighted by atomic mass is 10.3. The molecule has 6 heteroatoms. The summed E-state index contributed by atoms with van der Waals surface area (Å²) in [5.41, 5.74) is 0. The number of aliphatic carboxylic acids is 2. The van der Waals surface area contributed by atoms with Gasteiger partial charge in [-0.15, -0.1) is 0 Å². The molecule has 1 atom stereocenters. The molecule has 0 amide bonds. The van der Waals surface area contributed by atoms with Crippen LogP contribution in [0.2, 0.25) is 0 Å². The Hall–Kier alpha value is -1.14. The fourth-order valence-electron chi connectivity index (χ4n) is 0.483. The van der Waals surface area contributed by atoms with Gasteiger partial charge in [-0.3, -0.25) is 9.59 Å². The van der Waals surface area contributed by atoms with Gasteiger partial charge in [0, 0.05) is 13.0 Å². The van der Waals surface area contributed by atoms with E-state index in [-0.39, 0.29) is 19.4 Å². The van der Waals surface area contributed by atoms with E-state index < -0.39 is 18.0 Å². The predicted octanol–water partition coefficient (Wildman–Crippen LogP) is -0.315. The first-order chi connectivity index (χ1) is 6.40. The first-order valence-corrected chi connectivity index (χ1v) is 4.12. The highest BCUT2D eigenvalue weighted by atomic mass is 16.4. The molecular weight excluding hydrogens is 192 g/mol. The van der Waals surface area contributed by atoms with Crippen LogP contribution in [0, 0.1) is 0 Å². The second-order valence-corrected chi connectivity index (χ2v) is 2.67. The van der Waals surface area contributed by atoms with Crippen LogP contribution in [0.25, 0.3) is 0 Å². The number of carbonyl (C=O) groups is 2. The molecule has 0 aromatic heterocycles. The van der Waals surface area contributed by atoms with E-state index in [9.17, 15) is 9.59 Å². The van der Waals surface area contributed by atoms with Crippen molar-refractivity contribution in [1.82, 2.24) is 0 Å². The van der Waals surface area contributed by atoms with E-state index in [0.717, 1.165) is 0 Å². The van der Waals surface area contributed by atoms with Crippen LogP contribution >= 0.6 is 0 Å². The van der Waals surface area contributed by atoms with Crippen molar-refractivity contribution in [2.75, 3.05) is 6.61 Å². The SMILES string of the molecule is CC(O)CC(=O)O.O=C(O)CCCO. The molecule has 0 aliphatic carbocycles. The van der Waals surface area contributed by atoms with Gasteiger partial charge in [-0.25, -0.2) is 0 Å². The summed E-state index contributed by atoms with van der Waals surface area (Å²) in [5, 5.41) is 32.3. The van der Waals surface area contributed by atoms with Gasteiger partial charge < -0.3 is 20.4 Å². The molecule has 0 aliphatic rings. The van der Waals surface area contributed by atoms with Crippen molar-refractivity contribution in [2.24, 2.45) is 0 Å². The maximum atomic E-state index is 9.65.